The predicted octanol–water partition coefficient (Wildman–Crippen LogP) is 1.22. The Labute approximate surface area is 186 Å². The van der Waals surface area contributed by atoms with Crippen molar-refractivity contribution in [3.8, 4) is 0 Å². The van der Waals surface area contributed by atoms with Crippen LogP contribution in [-0.4, -0.2) is 112 Å². The highest BCUT2D eigenvalue weighted by atomic mass is 16.6. The van der Waals surface area contributed by atoms with Gasteiger partial charge in [-0.2, -0.15) is 0 Å². The molecule has 0 unspecified atom stereocenters. The van der Waals surface area contributed by atoms with Crippen molar-refractivity contribution in [2.24, 2.45) is 0 Å². The van der Waals surface area contributed by atoms with Gasteiger partial charge in [0.2, 0.25) is 0 Å². The van der Waals surface area contributed by atoms with Gasteiger partial charge in [0.25, 0.3) is 0 Å². The Hall–Kier alpha value is -1.27. The Morgan fingerprint density at radius 2 is 0.903 bits per heavy atom. The summed E-state index contributed by atoms with van der Waals surface area (Å²) < 4.78 is 47.2. The number of ether oxygens (including phenoxy) is 9. The van der Waals surface area contributed by atoms with Crippen LogP contribution in [0.5, 0.6) is 0 Å². The molecule has 0 fully saturated rings. The van der Waals surface area contributed by atoms with E-state index in [1.54, 1.807) is 6.92 Å². The van der Waals surface area contributed by atoms with Gasteiger partial charge in [0.15, 0.2) is 0 Å². The fourth-order valence-electron chi connectivity index (χ4n) is 2.00. The van der Waals surface area contributed by atoms with Crippen LogP contribution < -0.4 is 0 Å². The molecule has 0 saturated heterocycles. The molecule has 31 heavy (non-hydrogen) atoms. The van der Waals surface area contributed by atoms with E-state index in [1.165, 1.54) is 6.26 Å². The maximum atomic E-state index is 11.1. The zero-order valence-corrected chi connectivity index (χ0v) is 18.9. The maximum absolute atomic E-state index is 11.1. The molecular weight excluding hydrogens is 412 g/mol. The summed E-state index contributed by atoms with van der Waals surface area (Å²) >= 11 is 0. The van der Waals surface area contributed by atoms with Crippen LogP contribution in [0.3, 0.4) is 0 Å². The van der Waals surface area contributed by atoms with E-state index < -0.39 is 0 Å². The molecule has 0 amide bonds. The van der Waals surface area contributed by atoms with E-state index in [1.807, 2.05) is 0 Å². The average molecular weight is 453 g/mol. The summed E-state index contributed by atoms with van der Waals surface area (Å²) in [4.78, 5) is 11.1. The molecule has 184 valence electrons. The van der Waals surface area contributed by atoms with E-state index in [-0.39, 0.29) is 12.4 Å². The van der Waals surface area contributed by atoms with Gasteiger partial charge in [-0.15, -0.1) is 0 Å². The number of rotatable bonds is 26. The quantitative estimate of drug-likeness (QED) is 0.108. The van der Waals surface area contributed by atoms with E-state index in [0.717, 1.165) is 0 Å². The Morgan fingerprint density at radius 1 is 0.581 bits per heavy atom. The van der Waals surface area contributed by atoms with E-state index >= 15 is 0 Å². The Kier molecular flexibility index (Phi) is 25.7. The molecule has 0 atom stereocenters. The van der Waals surface area contributed by atoms with Crippen LogP contribution in [0.2, 0.25) is 0 Å². The van der Waals surface area contributed by atoms with Crippen LogP contribution >= 0.6 is 0 Å². The van der Waals surface area contributed by atoms with Crippen molar-refractivity contribution in [1.29, 1.82) is 0 Å². The van der Waals surface area contributed by atoms with Crippen molar-refractivity contribution in [2.75, 3.05) is 106 Å². The molecule has 0 aliphatic heterocycles. The molecule has 0 aromatic heterocycles. The molecule has 0 rings (SSSR count). The van der Waals surface area contributed by atoms with Crippen molar-refractivity contribution in [1.82, 2.24) is 0 Å². The first-order valence-corrected chi connectivity index (χ1v) is 10.7. The molecule has 0 saturated carbocycles. The first-order valence-electron chi connectivity index (χ1n) is 10.7. The SMILES string of the molecule is C=COCCOCCOCCOCCOCCOCCOCCOCCC(=O)OCC. The molecule has 0 radical (unpaired) electrons. The highest BCUT2D eigenvalue weighted by Crippen LogP contribution is 1.89. The van der Waals surface area contributed by atoms with E-state index in [4.69, 9.17) is 42.6 Å². The number of carbonyl (C=O) groups excluding carboxylic acids is 1. The van der Waals surface area contributed by atoms with E-state index in [2.05, 4.69) is 6.58 Å². The van der Waals surface area contributed by atoms with Crippen LogP contribution in [-0.2, 0) is 47.4 Å². The number of hydrogen-bond acceptors (Lipinski definition) is 10. The van der Waals surface area contributed by atoms with Gasteiger partial charge in [0, 0.05) is 0 Å². The van der Waals surface area contributed by atoms with Crippen molar-refractivity contribution < 1.29 is 47.4 Å². The topological polar surface area (TPSA) is 100 Å². The summed E-state index contributed by atoms with van der Waals surface area (Å²) in [5, 5.41) is 0. The number of hydrogen-bond donors (Lipinski definition) is 0. The van der Waals surface area contributed by atoms with Crippen LogP contribution in [0, 0.1) is 0 Å². The lowest BCUT2D eigenvalue weighted by Crippen LogP contribution is -2.15. The molecule has 0 heterocycles. The lowest BCUT2D eigenvalue weighted by molar-refractivity contribution is -0.144. The third kappa shape index (κ3) is 26.7. The van der Waals surface area contributed by atoms with Crippen molar-refractivity contribution in [3.63, 3.8) is 0 Å². The Morgan fingerprint density at radius 3 is 1.23 bits per heavy atom. The molecule has 0 aliphatic rings. The van der Waals surface area contributed by atoms with Gasteiger partial charge in [-0.1, -0.05) is 6.58 Å². The van der Waals surface area contributed by atoms with E-state index in [9.17, 15) is 4.79 Å². The monoisotopic (exact) mass is 452 g/mol. The summed E-state index contributed by atoms with van der Waals surface area (Å²) in [5.74, 6) is -0.247. The number of carbonyl (C=O) groups is 1. The minimum Gasteiger partial charge on any atom is -0.499 e. The normalized spacial score (nSPS) is 10.9. The third-order valence-electron chi connectivity index (χ3n) is 3.45. The first kappa shape index (κ1) is 29.7. The highest BCUT2D eigenvalue weighted by molar-refractivity contribution is 5.69. The van der Waals surface area contributed by atoms with Crippen LogP contribution in [0.25, 0.3) is 0 Å². The number of esters is 1. The maximum Gasteiger partial charge on any atom is 0.308 e. The van der Waals surface area contributed by atoms with Crippen LogP contribution in [0.15, 0.2) is 12.8 Å². The van der Waals surface area contributed by atoms with Gasteiger partial charge < -0.3 is 42.6 Å². The summed E-state index contributed by atoms with van der Waals surface area (Å²) in [6.07, 6.45) is 1.65. The third-order valence-corrected chi connectivity index (χ3v) is 3.45. The molecule has 0 aromatic carbocycles. The molecule has 0 N–H and O–H groups in total. The highest BCUT2D eigenvalue weighted by Gasteiger charge is 2.00. The van der Waals surface area contributed by atoms with Crippen molar-refractivity contribution in [3.05, 3.63) is 12.8 Å². The minimum absolute atomic E-state index is 0.247. The molecule has 10 heteroatoms. The second-order valence-corrected chi connectivity index (χ2v) is 5.88. The fourth-order valence-corrected chi connectivity index (χ4v) is 2.00. The molecule has 0 spiro atoms. The van der Waals surface area contributed by atoms with E-state index in [0.29, 0.717) is 106 Å². The standard InChI is InChI=1S/C21H40O10/c1-3-23-7-8-25-11-12-27-15-16-29-19-20-30-18-17-28-14-13-26-10-9-24-6-5-21(22)31-4-2/h3H,1,4-20H2,2H3. The molecule has 10 nitrogen and oxygen atoms in total. The lowest BCUT2D eigenvalue weighted by atomic mass is 10.5. The molecule has 0 aromatic rings. The van der Waals surface area contributed by atoms with Gasteiger partial charge in [-0.3, -0.25) is 4.79 Å². The molecule has 0 bridgehead atoms. The fraction of sp³-hybridized carbons (Fsp3) is 0.857. The van der Waals surface area contributed by atoms with Gasteiger partial charge >= 0.3 is 5.97 Å². The molecule has 0 aliphatic carbocycles. The smallest absolute Gasteiger partial charge is 0.308 e. The average Bonchev–Trinajstić information content (AvgIpc) is 2.77. The summed E-state index contributed by atoms with van der Waals surface area (Å²) in [6, 6.07) is 0. The molecular formula is C21H40O10. The van der Waals surface area contributed by atoms with Crippen LogP contribution in [0.1, 0.15) is 13.3 Å². The Bertz CT molecular complexity index is 381. The van der Waals surface area contributed by atoms with Crippen molar-refractivity contribution >= 4 is 5.97 Å². The van der Waals surface area contributed by atoms with Gasteiger partial charge in [-0.25, -0.2) is 0 Å². The van der Waals surface area contributed by atoms with Gasteiger partial charge in [0.05, 0.1) is 112 Å². The predicted molar refractivity (Wildman–Crippen MR) is 113 cm³/mol. The van der Waals surface area contributed by atoms with Crippen LogP contribution in [0.4, 0.5) is 0 Å². The summed E-state index contributed by atoms with van der Waals surface area (Å²) in [5.41, 5.74) is 0. The summed E-state index contributed by atoms with van der Waals surface area (Å²) in [7, 11) is 0. The lowest BCUT2D eigenvalue weighted by Gasteiger charge is -2.08. The second kappa shape index (κ2) is 26.8. The Balaban J connectivity index is 3.03. The zero-order chi connectivity index (χ0) is 22.7. The second-order valence-electron chi connectivity index (χ2n) is 5.88. The van der Waals surface area contributed by atoms with Crippen molar-refractivity contribution in [2.45, 2.75) is 13.3 Å². The zero-order valence-electron chi connectivity index (χ0n) is 18.9. The largest absolute Gasteiger partial charge is 0.499 e. The van der Waals surface area contributed by atoms with Gasteiger partial charge in [-0.05, 0) is 6.92 Å². The first-order chi connectivity index (χ1) is 15.3. The minimum atomic E-state index is -0.247. The van der Waals surface area contributed by atoms with Gasteiger partial charge in [0.1, 0.15) is 6.61 Å². The summed E-state index contributed by atoms with van der Waals surface area (Å²) in [6.45, 7) is 13.0.